The van der Waals surface area contributed by atoms with Gasteiger partial charge in [0, 0.05) is 18.3 Å². The number of halogens is 2. The molecule has 0 bridgehead atoms. The van der Waals surface area contributed by atoms with Gasteiger partial charge in [-0.05, 0) is 31.2 Å². The highest BCUT2D eigenvalue weighted by atomic mass is 19.1. The molecule has 108 valence electrons. The third kappa shape index (κ3) is 2.88. The first-order valence-corrected chi connectivity index (χ1v) is 6.88. The lowest BCUT2D eigenvalue weighted by Gasteiger charge is -2.21. The van der Waals surface area contributed by atoms with Crippen molar-refractivity contribution in [2.24, 2.45) is 0 Å². The first-order valence-electron chi connectivity index (χ1n) is 6.88. The fraction of sp³-hybridized carbons (Fsp3) is 0.400. The molecule has 1 aromatic carbocycles. The predicted octanol–water partition coefficient (Wildman–Crippen LogP) is 3.27. The van der Waals surface area contributed by atoms with Gasteiger partial charge in [0.1, 0.15) is 11.6 Å². The zero-order valence-corrected chi connectivity index (χ0v) is 11.7. The summed E-state index contributed by atoms with van der Waals surface area (Å²) in [6.07, 6.45) is 2.57. The first kappa shape index (κ1) is 14.7. The van der Waals surface area contributed by atoms with Crippen LogP contribution in [0.3, 0.4) is 0 Å². The molecule has 1 N–H and O–H groups in total. The summed E-state index contributed by atoms with van der Waals surface area (Å²) in [6.45, 7) is 5.28. The van der Waals surface area contributed by atoms with Crippen molar-refractivity contribution < 1.29 is 8.78 Å². The maximum absolute atomic E-state index is 14.0. The normalized spacial score (nSPS) is 12.6. The van der Waals surface area contributed by atoms with Crippen LogP contribution in [-0.4, -0.2) is 16.3 Å². The Bertz CT molecular complexity index is 546. The molecule has 1 heterocycles. The van der Waals surface area contributed by atoms with E-state index < -0.39 is 17.7 Å². The van der Waals surface area contributed by atoms with Crippen molar-refractivity contribution in [3.8, 4) is 0 Å². The van der Waals surface area contributed by atoms with E-state index >= 15 is 0 Å². The lowest BCUT2D eigenvalue weighted by molar-refractivity contribution is 0.476. The van der Waals surface area contributed by atoms with Crippen LogP contribution >= 0.6 is 0 Å². The van der Waals surface area contributed by atoms with Gasteiger partial charge in [0.2, 0.25) is 0 Å². The molecule has 5 heteroatoms. The van der Waals surface area contributed by atoms with E-state index in [4.69, 9.17) is 0 Å². The molecular formula is C15H19F2N3. The van der Waals surface area contributed by atoms with Crippen molar-refractivity contribution in [1.29, 1.82) is 0 Å². The smallest absolute Gasteiger partial charge is 0.131 e. The average Bonchev–Trinajstić information content (AvgIpc) is 2.86. The minimum absolute atomic E-state index is 0.0483. The minimum Gasteiger partial charge on any atom is -0.305 e. The van der Waals surface area contributed by atoms with E-state index in [0.717, 1.165) is 18.7 Å². The zero-order valence-electron chi connectivity index (χ0n) is 11.7. The Labute approximate surface area is 117 Å². The Morgan fingerprint density at radius 3 is 2.50 bits per heavy atom. The quantitative estimate of drug-likeness (QED) is 0.879. The van der Waals surface area contributed by atoms with E-state index in [0.29, 0.717) is 6.54 Å². The highest BCUT2D eigenvalue weighted by Crippen LogP contribution is 2.26. The predicted molar refractivity (Wildman–Crippen MR) is 74.4 cm³/mol. The average molecular weight is 279 g/mol. The van der Waals surface area contributed by atoms with Gasteiger partial charge in [-0.25, -0.2) is 8.78 Å². The minimum atomic E-state index is -0.541. The molecule has 1 aromatic heterocycles. The molecule has 0 fully saturated rings. The van der Waals surface area contributed by atoms with Crippen LogP contribution in [0.2, 0.25) is 0 Å². The molecule has 0 amide bonds. The van der Waals surface area contributed by atoms with E-state index in [1.807, 2.05) is 13.8 Å². The summed E-state index contributed by atoms with van der Waals surface area (Å²) in [5.74, 6) is -1.08. The summed E-state index contributed by atoms with van der Waals surface area (Å²) in [5.41, 5.74) is 0.824. The number of rotatable bonds is 6. The molecule has 1 atom stereocenters. The number of nitrogens with zero attached hydrogens (tertiary/aromatic N) is 2. The van der Waals surface area contributed by atoms with Crippen LogP contribution in [0, 0.1) is 11.6 Å². The number of hydrogen-bond acceptors (Lipinski definition) is 2. The van der Waals surface area contributed by atoms with Crippen molar-refractivity contribution in [2.75, 3.05) is 6.54 Å². The third-order valence-corrected chi connectivity index (χ3v) is 3.18. The van der Waals surface area contributed by atoms with Gasteiger partial charge < -0.3 is 5.32 Å². The standard InChI is InChI=1S/C15H19F2N3/c1-3-10-20-13(8-9-19-20)15(18-4-2)14-11(16)6-5-7-12(14)17/h5-9,15,18H,3-4,10H2,1-2H3. The molecule has 0 aliphatic carbocycles. The van der Waals surface area contributed by atoms with Crippen LogP contribution < -0.4 is 5.32 Å². The van der Waals surface area contributed by atoms with Crippen molar-refractivity contribution >= 4 is 0 Å². The second kappa shape index (κ2) is 6.61. The molecule has 1 unspecified atom stereocenters. The summed E-state index contributed by atoms with van der Waals surface area (Å²) >= 11 is 0. The Morgan fingerprint density at radius 1 is 1.20 bits per heavy atom. The molecule has 0 saturated carbocycles. The number of benzene rings is 1. The van der Waals surface area contributed by atoms with Gasteiger partial charge in [0.15, 0.2) is 0 Å². The van der Waals surface area contributed by atoms with Crippen LogP contribution in [0.1, 0.15) is 37.6 Å². The summed E-state index contributed by atoms with van der Waals surface area (Å²) in [6, 6.07) is 5.21. The summed E-state index contributed by atoms with van der Waals surface area (Å²) in [5, 5.41) is 7.37. The van der Waals surface area contributed by atoms with E-state index in [-0.39, 0.29) is 5.56 Å². The number of nitrogens with one attached hydrogen (secondary N) is 1. The molecular weight excluding hydrogens is 260 g/mol. The molecule has 20 heavy (non-hydrogen) atoms. The molecule has 0 aliphatic rings. The Hall–Kier alpha value is -1.75. The molecule has 0 radical (unpaired) electrons. The monoisotopic (exact) mass is 279 g/mol. The zero-order chi connectivity index (χ0) is 14.5. The van der Waals surface area contributed by atoms with Gasteiger partial charge in [0.25, 0.3) is 0 Å². The molecule has 0 saturated heterocycles. The van der Waals surface area contributed by atoms with Gasteiger partial charge in [-0.15, -0.1) is 0 Å². The van der Waals surface area contributed by atoms with Crippen molar-refractivity contribution in [3.05, 3.63) is 53.4 Å². The Morgan fingerprint density at radius 2 is 1.90 bits per heavy atom. The van der Waals surface area contributed by atoms with Crippen molar-refractivity contribution in [3.63, 3.8) is 0 Å². The Kier molecular flexibility index (Phi) is 4.84. The van der Waals surface area contributed by atoms with Gasteiger partial charge in [-0.2, -0.15) is 5.10 Å². The largest absolute Gasteiger partial charge is 0.305 e. The SMILES string of the molecule is CCCn1nccc1C(NCC)c1c(F)cccc1F. The van der Waals surface area contributed by atoms with Gasteiger partial charge in [-0.3, -0.25) is 4.68 Å². The van der Waals surface area contributed by atoms with E-state index in [2.05, 4.69) is 10.4 Å². The van der Waals surface area contributed by atoms with Crippen LogP contribution in [-0.2, 0) is 6.54 Å². The third-order valence-electron chi connectivity index (χ3n) is 3.18. The topological polar surface area (TPSA) is 29.9 Å². The fourth-order valence-electron chi connectivity index (χ4n) is 2.33. The van der Waals surface area contributed by atoms with Gasteiger partial charge in [0.05, 0.1) is 11.7 Å². The van der Waals surface area contributed by atoms with Gasteiger partial charge >= 0.3 is 0 Å². The molecule has 0 spiro atoms. The second-order valence-electron chi connectivity index (χ2n) is 4.61. The van der Waals surface area contributed by atoms with Crippen LogP contribution in [0.5, 0.6) is 0 Å². The molecule has 3 nitrogen and oxygen atoms in total. The van der Waals surface area contributed by atoms with Crippen LogP contribution in [0.15, 0.2) is 30.5 Å². The lowest BCUT2D eigenvalue weighted by Crippen LogP contribution is -2.26. The van der Waals surface area contributed by atoms with E-state index in [1.54, 1.807) is 16.9 Å². The summed E-state index contributed by atoms with van der Waals surface area (Å²) in [4.78, 5) is 0. The highest BCUT2D eigenvalue weighted by molar-refractivity contribution is 5.30. The lowest BCUT2D eigenvalue weighted by atomic mass is 10.0. The molecule has 2 aromatic rings. The Balaban J connectivity index is 2.48. The highest BCUT2D eigenvalue weighted by Gasteiger charge is 2.23. The van der Waals surface area contributed by atoms with Crippen molar-refractivity contribution in [1.82, 2.24) is 15.1 Å². The first-order chi connectivity index (χ1) is 9.69. The number of aryl methyl sites for hydroxylation is 1. The molecule has 0 aliphatic heterocycles. The fourth-order valence-corrected chi connectivity index (χ4v) is 2.33. The van der Waals surface area contributed by atoms with Crippen LogP contribution in [0.25, 0.3) is 0 Å². The number of hydrogen-bond donors (Lipinski definition) is 1. The maximum Gasteiger partial charge on any atom is 0.131 e. The van der Waals surface area contributed by atoms with E-state index in [9.17, 15) is 8.78 Å². The summed E-state index contributed by atoms with van der Waals surface area (Å²) < 4.78 is 29.8. The maximum atomic E-state index is 14.0. The summed E-state index contributed by atoms with van der Waals surface area (Å²) in [7, 11) is 0. The van der Waals surface area contributed by atoms with E-state index in [1.165, 1.54) is 18.2 Å². The second-order valence-corrected chi connectivity index (χ2v) is 4.61. The van der Waals surface area contributed by atoms with Crippen LogP contribution in [0.4, 0.5) is 8.78 Å². The van der Waals surface area contributed by atoms with Crippen molar-refractivity contribution in [2.45, 2.75) is 32.9 Å². The molecule has 2 rings (SSSR count). The number of aromatic nitrogens is 2. The van der Waals surface area contributed by atoms with Gasteiger partial charge in [-0.1, -0.05) is 19.9 Å².